The Morgan fingerprint density at radius 1 is 0.679 bits per heavy atom. The quantitative estimate of drug-likeness (QED) is 0.135. The van der Waals surface area contributed by atoms with Gasteiger partial charge in [0.25, 0.3) is 0 Å². The van der Waals surface area contributed by atoms with Crippen LogP contribution in [0.15, 0.2) is 0 Å². The first-order valence-corrected chi connectivity index (χ1v) is 12.1. The maximum Gasteiger partial charge on any atom is 0.316 e. The van der Waals surface area contributed by atoms with Gasteiger partial charge in [0.2, 0.25) is 0 Å². The first kappa shape index (κ1) is 27.1. The predicted molar refractivity (Wildman–Crippen MR) is 120 cm³/mol. The van der Waals surface area contributed by atoms with Crippen LogP contribution in [0.3, 0.4) is 0 Å². The molecule has 0 spiro atoms. The Bertz CT molecular complexity index is 395. The van der Waals surface area contributed by atoms with Crippen LogP contribution in [-0.2, 0) is 14.3 Å². The molecule has 0 aliphatic rings. The molecule has 0 aromatic heterocycles. The Kier molecular flexibility index (Phi) is 16.5. The van der Waals surface area contributed by atoms with E-state index in [1.807, 2.05) is 20.8 Å². The molecule has 3 nitrogen and oxygen atoms in total. The van der Waals surface area contributed by atoms with Gasteiger partial charge in [-0.2, -0.15) is 0 Å². The number of ketones is 1. The minimum atomic E-state index is -0.561. The van der Waals surface area contributed by atoms with E-state index in [4.69, 9.17) is 4.74 Å². The second-order valence-corrected chi connectivity index (χ2v) is 9.33. The summed E-state index contributed by atoms with van der Waals surface area (Å²) in [5.41, 5.74) is -0.531. The number of hydrogen-bond donors (Lipinski definition) is 0. The minimum absolute atomic E-state index is 0.0687. The summed E-state index contributed by atoms with van der Waals surface area (Å²) >= 11 is 0. The molecule has 0 saturated carbocycles. The van der Waals surface area contributed by atoms with Crippen LogP contribution in [0.25, 0.3) is 0 Å². The van der Waals surface area contributed by atoms with Crippen molar-refractivity contribution in [1.82, 2.24) is 0 Å². The van der Waals surface area contributed by atoms with Gasteiger partial charge < -0.3 is 4.74 Å². The van der Waals surface area contributed by atoms with E-state index in [1.54, 1.807) is 0 Å². The molecule has 0 saturated heterocycles. The van der Waals surface area contributed by atoms with Gasteiger partial charge in [-0.05, 0) is 33.6 Å². The van der Waals surface area contributed by atoms with E-state index in [-0.39, 0.29) is 11.8 Å². The highest BCUT2D eigenvalue weighted by Gasteiger charge is 2.30. The van der Waals surface area contributed by atoms with Gasteiger partial charge in [-0.3, -0.25) is 9.59 Å². The van der Waals surface area contributed by atoms with Gasteiger partial charge in [-0.25, -0.2) is 0 Å². The summed E-state index contributed by atoms with van der Waals surface area (Å²) in [4.78, 5) is 24.9. The Morgan fingerprint density at radius 3 is 1.54 bits per heavy atom. The third-order valence-corrected chi connectivity index (χ3v) is 5.20. The lowest BCUT2D eigenvalue weighted by molar-refractivity contribution is -0.162. The zero-order valence-electron chi connectivity index (χ0n) is 19.6. The van der Waals surface area contributed by atoms with E-state index in [0.717, 1.165) is 25.7 Å². The molecule has 0 fully saturated rings. The van der Waals surface area contributed by atoms with E-state index in [2.05, 4.69) is 13.8 Å². The third-order valence-electron chi connectivity index (χ3n) is 5.20. The topological polar surface area (TPSA) is 43.4 Å². The first-order chi connectivity index (χ1) is 13.3. The van der Waals surface area contributed by atoms with Crippen molar-refractivity contribution in [2.24, 2.45) is 5.92 Å². The van der Waals surface area contributed by atoms with Crippen LogP contribution in [0.2, 0.25) is 0 Å². The average Bonchev–Trinajstić information content (AvgIpc) is 2.62. The van der Waals surface area contributed by atoms with E-state index < -0.39 is 11.5 Å². The van der Waals surface area contributed by atoms with E-state index in [0.29, 0.717) is 12.8 Å². The summed E-state index contributed by atoms with van der Waals surface area (Å²) in [5, 5.41) is 0. The molecule has 0 aromatic carbocycles. The fraction of sp³-hybridized carbons (Fsp3) is 0.920. The molecule has 166 valence electrons. The fourth-order valence-corrected chi connectivity index (χ4v) is 3.50. The number of ether oxygens (including phenoxy) is 1. The number of esters is 1. The summed E-state index contributed by atoms with van der Waals surface area (Å²) in [6, 6.07) is 0. The van der Waals surface area contributed by atoms with Crippen LogP contribution < -0.4 is 0 Å². The molecular weight excluding hydrogens is 348 g/mol. The number of hydrogen-bond acceptors (Lipinski definition) is 3. The van der Waals surface area contributed by atoms with Crippen molar-refractivity contribution < 1.29 is 14.3 Å². The minimum Gasteiger partial charge on any atom is -0.459 e. The lowest BCUT2D eigenvalue weighted by Crippen LogP contribution is -2.32. The van der Waals surface area contributed by atoms with Crippen molar-refractivity contribution in [2.75, 3.05) is 0 Å². The molecule has 0 aliphatic heterocycles. The van der Waals surface area contributed by atoms with Crippen LogP contribution in [0.4, 0.5) is 0 Å². The van der Waals surface area contributed by atoms with Gasteiger partial charge in [0.1, 0.15) is 17.3 Å². The maximum absolute atomic E-state index is 12.5. The lowest BCUT2D eigenvalue weighted by Gasteiger charge is -2.23. The van der Waals surface area contributed by atoms with Gasteiger partial charge in [0.05, 0.1) is 0 Å². The summed E-state index contributed by atoms with van der Waals surface area (Å²) < 4.78 is 5.50. The zero-order valence-corrected chi connectivity index (χ0v) is 19.6. The van der Waals surface area contributed by atoms with Crippen LogP contribution in [0, 0.1) is 5.92 Å². The molecular formula is C25H48O3. The monoisotopic (exact) mass is 396 g/mol. The number of Topliss-reactive ketones (excluding diaryl/α,β-unsaturated/α-hetero) is 1. The van der Waals surface area contributed by atoms with Crippen molar-refractivity contribution in [3.8, 4) is 0 Å². The van der Waals surface area contributed by atoms with E-state index >= 15 is 0 Å². The summed E-state index contributed by atoms with van der Waals surface area (Å²) in [6.45, 7) is 9.92. The Morgan fingerprint density at radius 2 is 1.11 bits per heavy atom. The lowest BCUT2D eigenvalue weighted by atomic mass is 9.93. The fourth-order valence-electron chi connectivity index (χ4n) is 3.50. The summed E-state index contributed by atoms with van der Waals surface area (Å²) in [6.07, 6.45) is 18.4. The van der Waals surface area contributed by atoms with Gasteiger partial charge in [-0.1, -0.05) is 97.3 Å². The van der Waals surface area contributed by atoms with Crippen LogP contribution in [-0.4, -0.2) is 17.4 Å². The first-order valence-electron chi connectivity index (χ1n) is 12.1. The Labute approximate surface area is 175 Å². The highest BCUT2D eigenvalue weighted by atomic mass is 16.6. The molecule has 0 rings (SSSR count). The Balaban J connectivity index is 3.98. The van der Waals surface area contributed by atoms with E-state index in [1.165, 1.54) is 64.2 Å². The predicted octanol–water partition coefficient (Wildman–Crippen LogP) is 7.79. The van der Waals surface area contributed by atoms with Gasteiger partial charge in [0.15, 0.2) is 0 Å². The average molecular weight is 397 g/mol. The van der Waals surface area contributed by atoms with Crippen molar-refractivity contribution in [1.29, 1.82) is 0 Å². The van der Waals surface area contributed by atoms with Crippen molar-refractivity contribution in [3.05, 3.63) is 0 Å². The van der Waals surface area contributed by atoms with Gasteiger partial charge >= 0.3 is 5.97 Å². The zero-order chi connectivity index (χ0) is 21.3. The second-order valence-electron chi connectivity index (χ2n) is 9.33. The largest absolute Gasteiger partial charge is 0.459 e. The second kappa shape index (κ2) is 17.0. The molecule has 3 heteroatoms. The molecule has 0 N–H and O–H groups in total. The third kappa shape index (κ3) is 16.1. The molecule has 0 heterocycles. The van der Waals surface area contributed by atoms with Crippen molar-refractivity contribution in [3.63, 3.8) is 0 Å². The van der Waals surface area contributed by atoms with Crippen LogP contribution >= 0.6 is 0 Å². The van der Waals surface area contributed by atoms with Crippen LogP contribution in [0.5, 0.6) is 0 Å². The molecule has 0 radical (unpaired) electrons. The summed E-state index contributed by atoms with van der Waals surface area (Å²) in [5.74, 6) is -0.815. The molecule has 0 aliphatic carbocycles. The molecule has 0 aromatic rings. The van der Waals surface area contributed by atoms with Crippen LogP contribution in [0.1, 0.15) is 137 Å². The van der Waals surface area contributed by atoms with E-state index in [9.17, 15) is 9.59 Å². The van der Waals surface area contributed by atoms with Gasteiger partial charge in [0, 0.05) is 6.42 Å². The molecule has 1 atom stereocenters. The molecule has 28 heavy (non-hydrogen) atoms. The number of carbonyl (C=O) groups is 2. The summed E-state index contributed by atoms with van der Waals surface area (Å²) in [7, 11) is 0. The molecule has 0 bridgehead atoms. The number of carbonyl (C=O) groups excluding carboxylic acids is 2. The van der Waals surface area contributed by atoms with Crippen molar-refractivity contribution >= 4 is 11.8 Å². The van der Waals surface area contributed by atoms with Crippen molar-refractivity contribution in [2.45, 2.75) is 143 Å². The maximum atomic E-state index is 12.5. The van der Waals surface area contributed by atoms with Gasteiger partial charge in [-0.15, -0.1) is 0 Å². The Hall–Kier alpha value is -0.860. The number of rotatable bonds is 18. The smallest absolute Gasteiger partial charge is 0.316 e. The standard InChI is InChI=1S/C25H48O3/c1-6-8-10-11-12-13-14-15-16-17-18-19-20-22(23(26)21-9-7-2)24(27)28-25(3,4)5/h22H,6-21H2,1-5H3. The highest BCUT2D eigenvalue weighted by Crippen LogP contribution is 2.20. The highest BCUT2D eigenvalue weighted by molar-refractivity contribution is 5.99. The molecule has 1 unspecified atom stereocenters. The molecule has 0 amide bonds. The normalized spacial score (nSPS) is 12.8. The number of unbranched alkanes of at least 4 members (excludes halogenated alkanes) is 12. The SMILES string of the molecule is CCCCCCCCCCCCCCC(C(=O)CCCC)C(=O)OC(C)(C)C.